The average Bonchev–Trinajstić information content (AvgIpc) is 2.73. The van der Waals surface area contributed by atoms with Crippen molar-refractivity contribution in [3.63, 3.8) is 0 Å². The highest BCUT2D eigenvalue weighted by Gasteiger charge is 2.65. The molecule has 2 N–H and O–H groups in total. The molecule has 0 spiro atoms. The van der Waals surface area contributed by atoms with Crippen LogP contribution >= 0.6 is 0 Å². The molecule has 0 aromatic rings. The van der Waals surface area contributed by atoms with Crippen molar-refractivity contribution >= 4 is 11.6 Å². The highest BCUT2D eigenvalue weighted by molar-refractivity contribution is 5.88. The molecule has 0 unspecified atom stereocenters. The van der Waals surface area contributed by atoms with Gasteiger partial charge in [-0.2, -0.15) is 0 Å². The first kappa shape index (κ1) is 15.8. The number of carbonyl (C=O) groups is 2. The number of carbonyl (C=O) groups excluding carboxylic acids is 2. The molecule has 4 nitrogen and oxygen atoms in total. The standard InChI is InChI=1S/C19H28O4/c1-18-6-5-11(20)7-10(18)3-4-12-13(18)8-15(22)19(2)16(23)9-14(21)17(12)19/h10,12-15,17,21-22H,3-9H2,1-2H3/t10-,12+,13-,14-,15+,17+,18-,19+/m0/s1. The Balaban J connectivity index is 1.72. The molecule has 0 radical (unpaired) electrons. The van der Waals surface area contributed by atoms with E-state index in [-0.39, 0.29) is 23.5 Å². The van der Waals surface area contributed by atoms with Crippen molar-refractivity contribution in [3.8, 4) is 0 Å². The minimum absolute atomic E-state index is 0.0343. The zero-order chi connectivity index (χ0) is 16.6. The third-order valence-electron chi connectivity index (χ3n) is 8.29. The Morgan fingerprint density at radius 2 is 1.83 bits per heavy atom. The van der Waals surface area contributed by atoms with Gasteiger partial charge in [0.25, 0.3) is 0 Å². The lowest BCUT2D eigenvalue weighted by molar-refractivity contribution is -0.175. The number of ketones is 2. The minimum Gasteiger partial charge on any atom is -0.392 e. The van der Waals surface area contributed by atoms with Crippen LogP contribution in [0.2, 0.25) is 0 Å². The largest absolute Gasteiger partial charge is 0.392 e. The van der Waals surface area contributed by atoms with E-state index in [1.807, 2.05) is 6.92 Å². The lowest BCUT2D eigenvalue weighted by atomic mass is 9.44. The van der Waals surface area contributed by atoms with Crippen LogP contribution in [-0.2, 0) is 9.59 Å². The fourth-order valence-corrected chi connectivity index (χ4v) is 6.85. The Hall–Kier alpha value is -0.740. The molecular weight excluding hydrogens is 292 g/mol. The predicted molar refractivity (Wildman–Crippen MR) is 84.5 cm³/mol. The second kappa shape index (κ2) is 4.89. The van der Waals surface area contributed by atoms with Crippen molar-refractivity contribution < 1.29 is 19.8 Å². The van der Waals surface area contributed by atoms with Gasteiger partial charge in [0.1, 0.15) is 11.6 Å². The summed E-state index contributed by atoms with van der Waals surface area (Å²) in [4.78, 5) is 24.3. The van der Waals surface area contributed by atoms with E-state index in [0.29, 0.717) is 42.8 Å². The van der Waals surface area contributed by atoms with Crippen molar-refractivity contribution in [2.45, 2.75) is 71.0 Å². The van der Waals surface area contributed by atoms with Crippen molar-refractivity contribution in [3.05, 3.63) is 0 Å². The summed E-state index contributed by atoms with van der Waals surface area (Å²) >= 11 is 0. The number of hydrogen-bond donors (Lipinski definition) is 2. The Morgan fingerprint density at radius 1 is 1.09 bits per heavy atom. The number of fused-ring (bicyclic) bond motifs is 5. The van der Waals surface area contributed by atoms with E-state index >= 15 is 0 Å². The molecule has 4 aliphatic carbocycles. The van der Waals surface area contributed by atoms with Gasteiger partial charge >= 0.3 is 0 Å². The quantitative estimate of drug-likeness (QED) is 0.717. The third kappa shape index (κ3) is 1.91. The van der Waals surface area contributed by atoms with E-state index in [1.54, 1.807) is 0 Å². The molecular formula is C19H28O4. The van der Waals surface area contributed by atoms with Gasteiger partial charge in [0.15, 0.2) is 0 Å². The van der Waals surface area contributed by atoms with Gasteiger partial charge in [-0.25, -0.2) is 0 Å². The van der Waals surface area contributed by atoms with E-state index in [1.165, 1.54) is 0 Å². The van der Waals surface area contributed by atoms with Gasteiger partial charge in [-0.1, -0.05) is 6.92 Å². The van der Waals surface area contributed by atoms with Gasteiger partial charge in [-0.05, 0) is 55.8 Å². The van der Waals surface area contributed by atoms with E-state index in [2.05, 4.69) is 6.92 Å². The first-order chi connectivity index (χ1) is 10.8. The Morgan fingerprint density at radius 3 is 2.57 bits per heavy atom. The highest BCUT2D eigenvalue weighted by Crippen LogP contribution is 2.65. The van der Waals surface area contributed by atoms with Gasteiger partial charge in [0, 0.05) is 25.2 Å². The summed E-state index contributed by atoms with van der Waals surface area (Å²) in [6, 6.07) is 0. The summed E-state index contributed by atoms with van der Waals surface area (Å²) in [7, 11) is 0. The Bertz CT molecular complexity index is 558. The molecule has 0 aliphatic heterocycles. The molecule has 23 heavy (non-hydrogen) atoms. The molecule has 0 aromatic carbocycles. The summed E-state index contributed by atoms with van der Waals surface area (Å²) in [5.41, 5.74) is -0.696. The number of hydrogen-bond acceptors (Lipinski definition) is 4. The molecule has 0 amide bonds. The van der Waals surface area contributed by atoms with Crippen molar-refractivity contribution in [1.82, 2.24) is 0 Å². The summed E-state index contributed by atoms with van der Waals surface area (Å²) in [5, 5.41) is 21.4. The Labute approximate surface area is 137 Å². The van der Waals surface area contributed by atoms with Crippen LogP contribution in [0.4, 0.5) is 0 Å². The zero-order valence-corrected chi connectivity index (χ0v) is 14.1. The van der Waals surface area contributed by atoms with Crippen LogP contribution in [0.5, 0.6) is 0 Å². The summed E-state index contributed by atoms with van der Waals surface area (Å²) in [6.45, 7) is 4.16. The van der Waals surface area contributed by atoms with E-state index in [4.69, 9.17) is 0 Å². The fraction of sp³-hybridized carbons (Fsp3) is 0.895. The average molecular weight is 320 g/mol. The zero-order valence-electron chi connectivity index (χ0n) is 14.1. The van der Waals surface area contributed by atoms with Crippen molar-refractivity contribution in [1.29, 1.82) is 0 Å². The molecule has 4 rings (SSSR count). The Kier molecular flexibility index (Phi) is 3.35. The van der Waals surface area contributed by atoms with Crippen LogP contribution in [0.25, 0.3) is 0 Å². The number of aliphatic hydroxyl groups excluding tert-OH is 2. The molecule has 4 fully saturated rings. The topological polar surface area (TPSA) is 74.6 Å². The lowest BCUT2D eigenvalue weighted by Gasteiger charge is -2.60. The smallest absolute Gasteiger partial charge is 0.144 e. The first-order valence-electron chi connectivity index (χ1n) is 9.19. The van der Waals surface area contributed by atoms with Gasteiger partial charge in [-0.3, -0.25) is 9.59 Å². The van der Waals surface area contributed by atoms with Crippen LogP contribution in [-0.4, -0.2) is 34.0 Å². The SMILES string of the molecule is C[C@]12CCC(=O)C[C@@H]1CC[C@H]1[C@@H]3[C@@H](O)CC(=O)[C@@]3(C)[C@H](O)C[C@@H]12. The summed E-state index contributed by atoms with van der Waals surface area (Å²) in [6.07, 6.45) is 3.80. The van der Waals surface area contributed by atoms with Crippen LogP contribution in [0.1, 0.15) is 58.8 Å². The maximum atomic E-state index is 12.5. The van der Waals surface area contributed by atoms with E-state index in [0.717, 1.165) is 19.3 Å². The van der Waals surface area contributed by atoms with Crippen LogP contribution < -0.4 is 0 Å². The second-order valence-corrected chi connectivity index (χ2v) is 9.05. The maximum Gasteiger partial charge on any atom is 0.144 e. The van der Waals surface area contributed by atoms with Gasteiger partial charge in [-0.15, -0.1) is 0 Å². The van der Waals surface area contributed by atoms with Gasteiger partial charge < -0.3 is 10.2 Å². The second-order valence-electron chi connectivity index (χ2n) is 9.05. The highest BCUT2D eigenvalue weighted by atomic mass is 16.3. The fourth-order valence-electron chi connectivity index (χ4n) is 6.85. The first-order valence-corrected chi connectivity index (χ1v) is 9.19. The lowest BCUT2D eigenvalue weighted by Crippen LogP contribution is -2.59. The molecule has 4 heteroatoms. The van der Waals surface area contributed by atoms with Crippen LogP contribution in [0, 0.1) is 34.5 Å². The minimum atomic E-state index is -0.770. The molecule has 0 bridgehead atoms. The summed E-state index contributed by atoms with van der Waals surface area (Å²) < 4.78 is 0. The molecule has 0 saturated heterocycles. The maximum absolute atomic E-state index is 12.5. The van der Waals surface area contributed by atoms with E-state index < -0.39 is 17.6 Å². The van der Waals surface area contributed by atoms with Gasteiger partial charge in [0.2, 0.25) is 0 Å². The molecule has 128 valence electrons. The molecule has 4 saturated carbocycles. The van der Waals surface area contributed by atoms with E-state index in [9.17, 15) is 19.8 Å². The number of Topliss-reactive ketones (excluding diaryl/α,β-unsaturated/α-hetero) is 2. The number of rotatable bonds is 0. The number of aliphatic hydroxyl groups is 2. The van der Waals surface area contributed by atoms with Gasteiger partial charge in [0.05, 0.1) is 17.6 Å². The summed E-state index contributed by atoms with van der Waals surface area (Å²) in [5.74, 6) is 1.34. The molecule has 8 atom stereocenters. The molecule has 4 aliphatic rings. The van der Waals surface area contributed by atoms with Crippen molar-refractivity contribution in [2.75, 3.05) is 0 Å². The third-order valence-corrected chi connectivity index (χ3v) is 8.29. The van der Waals surface area contributed by atoms with Crippen LogP contribution in [0.15, 0.2) is 0 Å². The molecule has 0 aromatic heterocycles. The van der Waals surface area contributed by atoms with Crippen LogP contribution in [0.3, 0.4) is 0 Å². The molecule has 0 heterocycles. The normalized spacial score (nSPS) is 56.0. The van der Waals surface area contributed by atoms with Crippen molar-refractivity contribution in [2.24, 2.45) is 34.5 Å². The monoisotopic (exact) mass is 320 g/mol. The predicted octanol–water partition coefficient (Wildman–Crippen LogP) is 2.11.